The molecule has 1 aromatic carbocycles. The first-order valence-corrected chi connectivity index (χ1v) is 7.80. The van der Waals surface area contributed by atoms with Crippen LogP contribution in [0.3, 0.4) is 0 Å². The molecule has 2 unspecified atom stereocenters. The van der Waals surface area contributed by atoms with Gasteiger partial charge in [0.15, 0.2) is 4.90 Å². The number of nitrogens with two attached hydrogens (primary N) is 1. The normalized spacial score (nSPS) is 24.5. The zero-order chi connectivity index (χ0) is 14.9. The fraction of sp³-hybridized carbons (Fsp3) is 0.500. The van der Waals surface area contributed by atoms with Gasteiger partial charge in [0.1, 0.15) is 0 Å². The molecule has 20 heavy (non-hydrogen) atoms. The first kappa shape index (κ1) is 14.9. The third-order valence-corrected chi connectivity index (χ3v) is 5.55. The molecule has 2 rings (SSSR count). The summed E-state index contributed by atoms with van der Waals surface area (Å²) in [6.07, 6.45) is 0.910. The molecule has 110 valence electrons. The Morgan fingerprint density at radius 1 is 1.40 bits per heavy atom. The maximum atomic E-state index is 12.6. The molecule has 2 N–H and O–H groups in total. The third kappa shape index (κ3) is 2.54. The lowest BCUT2D eigenvalue weighted by atomic mass is 9.99. The van der Waals surface area contributed by atoms with E-state index >= 15 is 0 Å². The molecule has 0 bridgehead atoms. The molecule has 0 radical (unpaired) electrons. The summed E-state index contributed by atoms with van der Waals surface area (Å²) in [7, 11) is -3.95. The van der Waals surface area contributed by atoms with Gasteiger partial charge in [-0.05, 0) is 24.8 Å². The van der Waals surface area contributed by atoms with Gasteiger partial charge in [-0.15, -0.1) is 0 Å². The van der Waals surface area contributed by atoms with Gasteiger partial charge in [0.25, 0.3) is 15.7 Å². The number of rotatable bonds is 3. The van der Waals surface area contributed by atoms with Crippen molar-refractivity contribution in [3.05, 3.63) is 34.4 Å². The molecule has 0 amide bonds. The summed E-state index contributed by atoms with van der Waals surface area (Å²) in [4.78, 5) is 10.0. The number of benzene rings is 1. The minimum absolute atomic E-state index is 0.0290. The van der Waals surface area contributed by atoms with E-state index in [9.17, 15) is 18.5 Å². The molecule has 0 aliphatic carbocycles. The third-order valence-electron chi connectivity index (χ3n) is 3.60. The lowest BCUT2D eigenvalue weighted by Gasteiger charge is -2.36. The zero-order valence-electron chi connectivity index (χ0n) is 11.1. The van der Waals surface area contributed by atoms with Gasteiger partial charge in [-0.3, -0.25) is 10.1 Å². The van der Waals surface area contributed by atoms with Crippen molar-refractivity contribution in [3.63, 3.8) is 0 Å². The van der Waals surface area contributed by atoms with E-state index in [2.05, 4.69) is 0 Å². The molecule has 7 nitrogen and oxygen atoms in total. The van der Waals surface area contributed by atoms with Crippen LogP contribution < -0.4 is 5.73 Å². The predicted octanol–water partition coefficient (Wildman–Crippen LogP) is 1.30. The van der Waals surface area contributed by atoms with E-state index in [1.165, 1.54) is 28.6 Å². The number of piperidine rings is 1. The molecular formula is C12H17N3O4S. The van der Waals surface area contributed by atoms with Crippen molar-refractivity contribution in [3.8, 4) is 0 Å². The summed E-state index contributed by atoms with van der Waals surface area (Å²) in [5.74, 6) is 0.0290. The Labute approximate surface area is 117 Å². The molecule has 1 aliphatic heterocycles. The molecule has 1 heterocycles. The van der Waals surface area contributed by atoms with E-state index in [0.29, 0.717) is 13.0 Å². The molecule has 0 aromatic heterocycles. The van der Waals surface area contributed by atoms with Crippen LogP contribution in [0.25, 0.3) is 0 Å². The fourth-order valence-corrected chi connectivity index (χ4v) is 4.21. The molecule has 8 heteroatoms. The maximum Gasteiger partial charge on any atom is 0.289 e. The smallest absolute Gasteiger partial charge is 0.289 e. The average molecular weight is 299 g/mol. The van der Waals surface area contributed by atoms with Crippen molar-refractivity contribution >= 4 is 15.7 Å². The van der Waals surface area contributed by atoms with Crippen LogP contribution in [0, 0.1) is 16.0 Å². The molecule has 2 atom stereocenters. The molecular weight excluding hydrogens is 282 g/mol. The van der Waals surface area contributed by atoms with Gasteiger partial charge >= 0.3 is 0 Å². The van der Waals surface area contributed by atoms with Crippen LogP contribution in [0.2, 0.25) is 0 Å². The van der Waals surface area contributed by atoms with Crippen molar-refractivity contribution in [2.75, 3.05) is 6.54 Å². The predicted molar refractivity (Wildman–Crippen MR) is 73.4 cm³/mol. The molecule has 0 saturated carbocycles. The van der Waals surface area contributed by atoms with E-state index in [0.717, 1.165) is 6.42 Å². The van der Waals surface area contributed by atoms with Gasteiger partial charge in [-0.25, -0.2) is 8.42 Å². The Morgan fingerprint density at radius 2 is 2.05 bits per heavy atom. The number of sulfonamides is 1. The Kier molecular flexibility index (Phi) is 4.07. The van der Waals surface area contributed by atoms with Gasteiger partial charge in [-0.1, -0.05) is 19.1 Å². The van der Waals surface area contributed by atoms with E-state index in [1.54, 1.807) is 0 Å². The average Bonchev–Trinajstić information content (AvgIpc) is 2.41. The van der Waals surface area contributed by atoms with Crippen LogP contribution in [-0.4, -0.2) is 30.4 Å². The standard InChI is InChI=1S/C12H17N3O4S/c1-9-5-4-8-14(12(9)13)20(18,19)11-7-3-2-6-10(11)15(16)17/h2-3,6-7,9,12H,4-5,8,13H2,1H3. The SMILES string of the molecule is CC1CCCN(S(=O)(=O)c2ccccc2[N+](=O)[O-])C1N. The lowest BCUT2D eigenvalue weighted by Crippen LogP contribution is -2.52. The van der Waals surface area contributed by atoms with Gasteiger partial charge in [0, 0.05) is 12.6 Å². The second-order valence-corrected chi connectivity index (χ2v) is 6.81. The summed E-state index contributed by atoms with van der Waals surface area (Å²) in [6.45, 7) is 2.17. The Hall–Kier alpha value is -1.51. The van der Waals surface area contributed by atoms with Crippen LogP contribution in [0.4, 0.5) is 5.69 Å². The highest BCUT2D eigenvalue weighted by Crippen LogP contribution is 2.30. The second kappa shape index (κ2) is 5.47. The largest absolute Gasteiger partial charge is 0.315 e. The lowest BCUT2D eigenvalue weighted by molar-refractivity contribution is -0.387. The highest BCUT2D eigenvalue weighted by Gasteiger charge is 2.38. The molecule has 1 aliphatic rings. The number of nitrogens with zero attached hydrogens (tertiary/aromatic N) is 2. The minimum Gasteiger partial charge on any atom is -0.315 e. The van der Waals surface area contributed by atoms with Gasteiger partial charge in [0.05, 0.1) is 11.1 Å². The summed E-state index contributed by atoms with van der Waals surface area (Å²) < 4.78 is 26.4. The monoisotopic (exact) mass is 299 g/mol. The van der Waals surface area contributed by atoms with Gasteiger partial charge < -0.3 is 5.73 Å². The summed E-state index contributed by atoms with van der Waals surface area (Å²) >= 11 is 0. The van der Waals surface area contributed by atoms with Gasteiger partial charge in [0.2, 0.25) is 0 Å². The van der Waals surface area contributed by atoms with Crippen LogP contribution >= 0.6 is 0 Å². The highest BCUT2D eigenvalue weighted by atomic mass is 32.2. The van der Waals surface area contributed by atoms with Crippen LogP contribution in [-0.2, 0) is 10.0 Å². The van der Waals surface area contributed by atoms with Crippen molar-refractivity contribution < 1.29 is 13.3 Å². The summed E-state index contributed by atoms with van der Waals surface area (Å²) in [5.41, 5.74) is 5.53. The minimum atomic E-state index is -3.95. The Balaban J connectivity index is 2.48. The Morgan fingerprint density at radius 3 is 2.70 bits per heavy atom. The molecule has 0 spiro atoms. The fourth-order valence-electron chi connectivity index (χ4n) is 2.41. The van der Waals surface area contributed by atoms with Crippen LogP contribution in [0.15, 0.2) is 29.2 Å². The first-order valence-electron chi connectivity index (χ1n) is 6.36. The number of para-hydroxylation sites is 1. The van der Waals surface area contributed by atoms with E-state index in [-0.39, 0.29) is 10.8 Å². The summed E-state index contributed by atoms with van der Waals surface area (Å²) in [5, 5.41) is 11.0. The topological polar surface area (TPSA) is 107 Å². The molecule has 1 aromatic rings. The number of hydrogen-bond acceptors (Lipinski definition) is 5. The molecule has 1 fully saturated rings. The Bertz CT molecular complexity index is 617. The summed E-state index contributed by atoms with van der Waals surface area (Å²) in [6, 6.07) is 5.35. The van der Waals surface area contributed by atoms with Gasteiger partial charge in [-0.2, -0.15) is 4.31 Å². The van der Waals surface area contributed by atoms with Crippen LogP contribution in [0.1, 0.15) is 19.8 Å². The van der Waals surface area contributed by atoms with Crippen molar-refractivity contribution in [2.45, 2.75) is 30.8 Å². The number of nitro groups is 1. The highest BCUT2D eigenvalue weighted by molar-refractivity contribution is 7.89. The number of hydrogen-bond donors (Lipinski definition) is 1. The quantitative estimate of drug-likeness (QED) is 0.668. The van der Waals surface area contributed by atoms with Crippen molar-refractivity contribution in [1.82, 2.24) is 4.31 Å². The zero-order valence-corrected chi connectivity index (χ0v) is 11.9. The second-order valence-electron chi connectivity index (χ2n) is 4.95. The number of nitro benzene ring substituents is 1. The maximum absolute atomic E-state index is 12.6. The molecule has 1 saturated heterocycles. The van der Waals surface area contributed by atoms with Crippen molar-refractivity contribution in [2.24, 2.45) is 11.7 Å². The van der Waals surface area contributed by atoms with Crippen molar-refractivity contribution in [1.29, 1.82) is 0 Å². The van der Waals surface area contributed by atoms with E-state index in [4.69, 9.17) is 5.73 Å². The van der Waals surface area contributed by atoms with E-state index in [1.807, 2.05) is 6.92 Å². The van der Waals surface area contributed by atoms with Crippen LogP contribution in [0.5, 0.6) is 0 Å². The first-order chi connectivity index (χ1) is 9.35. The van der Waals surface area contributed by atoms with E-state index < -0.39 is 26.8 Å².